The number of benzene rings is 1. The van der Waals surface area contributed by atoms with Crippen molar-refractivity contribution in [3.8, 4) is 5.69 Å². The summed E-state index contributed by atoms with van der Waals surface area (Å²) in [5, 5.41) is 4.21. The van der Waals surface area contributed by atoms with Crippen LogP contribution in [-0.4, -0.2) is 14.8 Å². The first-order chi connectivity index (χ1) is 7.18. The minimum atomic E-state index is -0.294. The first-order valence-corrected chi connectivity index (χ1v) is 4.85. The topological polar surface area (TPSA) is 30.7 Å². The van der Waals surface area contributed by atoms with E-state index in [2.05, 4.69) is 10.1 Å². The Morgan fingerprint density at radius 3 is 2.60 bits per heavy atom. The van der Waals surface area contributed by atoms with Crippen LogP contribution in [0.5, 0.6) is 0 Å². The van der Waals surface area contributed by atoms with Gasteiger partial charge in [-0.3, -0.25) is 0 Å². The maximum Gasteiger partial charge on any atom is 0.153 e. The number of hydrogen-bond donors (Lipinski definition) is 0. The summed E-state index contributed by atoms with van der Waals surface area (Å²) in [6, 6.07) is 6.51. The van der Waals surface area contributed by atoms with Gasteiger partial charge < -0.3 is 0 Å². The molecule has 3 nitrogen and oxygen atoms in total. The van der Waals surface area contributed by atoms with E-state index in [0.717, 1.165) is 5.82 Å². The van der Waals surface area contributed by atoms with Gasteiger partial charge in [-0.2, -0.15) is 5.10 Å². The molecule has 4 heteroatoms. The Balaban J connectivity index is 2.42. The minimum Gasteiger partial charge on any atom is -0.219 e. The number of nitrogens with zero attached hydrogens (tertiary/aromatic N) is 3. The van der Waals surface area contributed by atoms with E-state index in [-0.39, 0.29) is 11.7 Å². The third-order valence-corrected chi connectivity index (χ3v) is 2.13. The van der Waals surface area contributed by atoms with Gasteiger partial charge in [-0.15, -0.1) is 0 Å². The van der Waals surface area contributed by atoms with Crippen LogP contribution in [0.1, 0.15) is 25.6 Å². The van der Waals surface area contributed by atoms with E-state index in [9.17, 15) is 4.39 Å². The number of halogens is 1. The third-order valence-electron chi connectivity index (χ3n) is 2.13. The van der Waals surface area contributed by atoms with Gasteiger partial charge >= 0.3 is 0 Å². The molecule has 0 bridgehead atoms. The third kappa shape index (κ3) is 1.88. The fraction of sp³-hybridized carbons (Fsp3) is 0.273. The number of hydrogen-bond acceptors (Lipinski definition) is 2. The summed E-state index contributed by atoms with van der Waals surface area (Å²) < 4.78 is 14.9. The molecule has 15 heavy (non-hydrogen) atoms. The Morgan fingerprint density at radius 2 is 2.00 bits per heavy atom. The number of aromatic nitrogens is 3. The zero-order valence-electron chi connectivity index (χ0n) is 8.68. The van der Waals surface area contributed by atoms with Gasteiger partial charge in [-0.05, 0) is 12.1 Å². The summed E-state index contributed by atoms with van der Waals surface area (Å²) in [4.78, 5) is 4.12. The molecule has 1 aromatic carbocycles. The highest BCUT2D eigenvalue weighted by Crippen LogP contribution is 2.13. The molecule has 0 aliphatic heterocycles. The molecule has 0 atom stereocenters. The molecule has 0 saturated carbocycles. The highest BCUT2D eigenvalue weighted by atomic mass is 19.1. The van der Waals surface area contributed by atoms with E-state index in [0.29, 0.717) is 5.69 Å². The average molecular weight is 205 g/mol. The van der Waals surface area contributed by atoms with Crippen LogP contribution < -0.4 is 0 Å². The second-order valence-corrected chi connectivity index (χ2v) is 3.65. The number of rotatable bonds is 2. The predicted octanol–water partition coefficient (Wildman–Crippen LogP) is 2.53. The summed E-state index contributed by atoms with van der Waals surface area (Å²) in [5.74, 6) is 0.675. The molecule has 0 saturated heterocycles. The van der Waals surface area contributed by atoms with Crippen molar-refractivity contribution in [1.82, 2.24) is 14.8 Å². The number of para-hydroxylation sites is 1. The Kier molecular flexibility index (Phi) is 2.49. The van der Waals surface area contributed by atoms with Gasteiger partial charge in [0, 0.05) is 5.92 Å². The van der Waals surface area contributed by atoms with E-state index in [1.807, 2.05) is 13.8 Å². The molecule has 2 aromatic rings. The van der Waals surface area contributed by atoms with Crippen LogP contribution in [0, 0.1) is 5.82 Å². The zero-order valence-corrected chi connectivity index (χ0v) is 8.68. The summed E-state index contributed by atoms with van der Waals surface area (Å²) >= 11 is 0. The van der Waals surface area contributed by atoms with Crippen molar-refractivity contribution in [1.29, 1.82) is 0 Å². The lowest BCUT2D eigenvalue weighted by molar-refractivity contribution is 0.608. The first kappa shape index (κ1) is 9.83. The van der Waals surface area contributed by atoms with Crippen LogP contribution in [0.25, 0.3) is 5.69 Å². The molecule has 0 unspecified atom stereocenters. The molecule has 0 aliphatic rings. The van der Waals surface area contributed by atoms with Crippen molar-refractivity contribution >= 4 is 0 Å². The first-order valence-electron chi connectivity index (χ1n) is 4.85. The molecular formula is C11H12FN3. The van der Waals surface area contributed by atoms with Gasteiger partial charge in [0.05, 0.1) is 0 Å². The van der Waals surface area contributed by atoms with E-state index >= 15 is 0 Å². The van der Waals surface area contributed by atoms with E-state index < -0.39 is 0 Å². The van der Waals surface area contributed by atoms with Gasteiger partial charge in [-0.25, -0.2) is 14.1 Å². The van der Waals surface area contributed by atoms with Gasteiger partial charge in [0.25, 0.3) is 0 Å². The van der Waals surface area contributed by atoms with E-state index in [1.54, 1.807) is 18.2 Å². The Morgan fingerprint density at radius 1 is 1.27 bits per heavy atom. The van der Waals surface area contributed by atoms with Gasteiger partial charge in [0.15, 0.2) is 5.82 Å². The van der Waals surface area contributed by atoms with Gasteiger partial charge in [0.1, 0.15) is 17.8 Å². The molecular weight excluding hydrogens is 193 g/mol. The van der Waals surface area contributed by atoms with Crippen LogP contribution >= 0.6 is 0 Å². The standard InChI is InChI=1S/C11H12FN3/c1-8(2)11-13-7-15(14-11)10-6-4-3-5-9(10)12/h3-8H,1-2H3. The lowest BCUT2D eigenvalue weighted by Gasteiger charge is -2.01. The molecule has 0 spiro atoms. The summed E-state index contributed by atoms with van der Waals surface area (Å²) in [7, 11) is 0. The quantitative estimate of drug-likeness (QED) is 0.754. The van der Waals surface area contributed by atoms with Crippen LogP contribution in [0.2, 0.25) is 0 Å². The molecule has 1 heterocycles. The van der Waals surface area contributed by atoms with Crippen molar-refractivity contribution in [2.24, 2.45) is 0 Å². The van der Waals surface area contributed by atoms with Crippen molar-refractivity contribution in [3.63, 3.8) is 0 Å². The second-order valence-electron chi connectivity index (χ2n) is 3.65. The molecule has 0 amide bonds. The van der Waals surface area contributed by atoms with E-state index in [4.69, 9.17) is 0 Å². The van der Waals surface area contributed by atoms with Crippen LogP contribution in [-0.2, 0) is 0 Å². The van der Waals surface area contributed by atoms with Crippen molar-refractivity contribution in [2.45, 2.75) is 19.8 Å². The van der Waals surface area contributed by atoms with Crippen molar-refractivity contribution < 1.29 is 4.39 Å². The van der Waals surface area contributed by atoms with Crippen molar-refractivity contribution in [2.75, 3.05) is 0 Å². The predicted molar refractivity (Wildman–Crippen MR) is 55.4 cm³/mol. The molecule has 0 aliphatic carbocycles. The fourth-order valence-corrected chi connectivity index (χ4v) is 1.29. The molecule has 0 fully saturated rings. The summed E-state index contributed by atoms with van der Waals surface area (Å²) in [6.07, 6.45) is 1.54. The summed E-state index contributed by atoms with van der Waals surface area (Å²) in [6.45, 7) is 4.00. The maximum absolute atomic E-state index is 13.4. The van der Waals surface area contributed by atoms with Crippen molar-refractivity contribution in [3.05, 3.63) is 42.2 Å². The van der Waals surface area contributed by atoms with Crippen LogP contribution in [0.4, 0.5) is 4.39 Å². The van der Waals surface area contributed by atoms with Crippen LogP contribution in [0.3, 0.4) is 0 Å². The highest BCUT2D eigenvalue weighted by molar-refractivity contribution is 5.31. The normalized spacial score (nSPS) is 10.9. The Hall–Kier alpha value is -1.71. The molecule has 0 N–H and O–H groups in total. The highest BCUT2D eigenvalue weighted by Gasteiger charge is 2.08. The second kappa shape index (κ2) is 3.81. The molecule has 1 aromatic heterocycles. The average Bonchev–Trinajstić information content (AvgIpc) is 2.67. The molecule has 78 valence electrons. The molecule has 0 radical (unpaired) electrons. The molecule has 2 rings (SSSR count). The largest absolute Gasteiger partial charge is 0.219 e. The van der Waals surface area contributed by atoms with E-state index in [1.165, 1.54) is 17.1 Å². The lowest BCUT2D eigenvalue weighted by Crippen LogP contribution is -1.99. The minimum absolute atomic E-state index is 0.248. The smallest absolute Gasteiger partial charge is 0.153 e. The summed E-state index contributed by atoms with van der Waals surface area (Å²) in [5.41, 5.74) is 0.428. The fourth-order valence-electron chi connectivity index (χ4n) is 1.29. The maximum atomic E-state index is 13.4. The zero-order chi connectivity index (χ0) is 10.8. The SMILES string of the molecule is CC(C)c1ncn(-c2ccccc2F)n1. The van der Waals surface area contributed by atoms with Gasteiger partial charge in [0.2, 0.25) is 0 Å². The van der Waals surface area contributed by atoms with Crippen LogP contribution in [0.15, 0.2) is 30.6 Å². The Bertz CT molecular complexity index is 462. The Labute approximate surface area is 87.6 Å². The van der Waals surface area contributed by atoms with Gasteiger partial charge in [-0.1, -0.05) is 26.0 Å². The monoisotopic (exact) mass is 205 g/mol. The lowest BCUT2D eigenvalue weighted by atomic mass is 10.2.